The number of rotatable bonds is 9. The minimum Gasteiger partial charge on any atom is -0.481 e. The molecule has 0 fully saturated rings. The van der Waals surface area contributed by atoms with Gasteiger partial charge in [0.25, 0.3) is 11.5 Å². The number of aromatic nitrogens is 4. The number of nitrogens with zero attached hydrogens (tertiary/aromatic N) is 3. The summed E-state index contributed by atoms with van der Waals surface area (Å²) in [6, 6.07) is 2.95. The molecule has 0 saturated heterocycles. The lowest BCUT2D eigenvalue weighted by Gasteiger charge is -2.14. The normalized spacial score (nSPS) is 14.4. The number of nitrogens with two attached hydrogens (primary N) is 1. The average Bonchev–Trinajstić information content (AvgIpc) is 2.80. The Hall–Kier alpha value is -4.55. The number of aromatic amines is 1. The Kier molecular flexibility index (Phi) is 5.10. The van der Waals surface area contributed by atoms with E-state index in [4.69, 9.17) is 16.3 Å². The second-order valence-electron chi connectivity index (χ2n) is 6.23. The Morgan fingerprint density at radius 3 is 2.56 bits per heavy atom. The van der Waals surface area contributed by atoms with Gasteiger partial charge in [0.05, 0.1) is 18.4 Å². The zero-order valence-corrected chi connectivity index (χ0v) is 16.1. The fourth-order valence-electron chi connectivity index (χ4n) is 2.50. The Morgan fingerprint density at radius 1 is 1.19 bits per heavy atom. The number of amides is 1. The van der Waals surface area contributed by atoms with E-state index in [2.05, 4.69) is 25.3 Å². The molecule has 166 valence electrons. The number of hydrogen-bond donors (Lipinski definition) is 6. The number of benzene rings is 1. The van der Waals surface area contributed by atoms with Gasteiger partial charge >= 0.3 is 11.9 Å². The van der Waals surface area contributed by atoms with E-state index in [1.807, 2.05) is 5.32 Å². The van der Waals surface area contributed by atoms with Gasteiger partial charge in [-0.2, -0.15) is 4.98 Å². The molecule has 1 amide bonds. The van der Waals surface area contributed by atoms with Crippen molar-refractivity contribution in [3.8, 4) is 0 Å². The van der Waals surface area contributed by atoms with Crippen LogP contribution in [0.2, 0.25) is 0 Å². The zero-order chi connectivity index (χ0) is 26.8. The van der Waals surface area contributed by atoms with Gasteiger partial charge in [0, 0.05) is 23.1 Å². The van der Waals surface area contributed by atoms with Crippen molar-refractivity contribution in [2.24, 2.45) is 0 Å². The molecule has 3 rings (SSSR count). The first-order chi connectivity index (χ1) is 16.7. The van der Waals surface area contributed by atoms with Crippen LogP contribution >= 0.6 is 0 Å². The summed E-state index contributed by atoms with van der Waals surface area (Å²) in [6.07, 6.45) is -5.69. The van der Waals surface area contributed by atoms with Gasteiger partial charge in [-0.1, -0.05) is 0 Å². The number of carbonyl (C=O) groups excluding carboxylic acids is 1. The predicted molar refractivity (Wildman–Crippen MR) is 112 cm³/mol. The second-order valence-corrected chi connectivity index (χ2v) is 6.23. The van der Waals surface area contributed by atoms with Gasteiger partial charge in [0.15, 0.2) is 11.2 Å². The molecule has 32 heavy (non-hydrogen) atoms. The first kappa shape index (κ1) is 17.2. The molecule has 0 bridgehead atoms. The van der Waals surface area contributed by atoms with Crippen LogP contribution in [-0.4, -0.2) is 54.0 Å². The molecule has 7 N–H and O–H groups in total. The molecule has 3 aromatic rings. The summed E-state index contributed by atoms with van der Waals surface area (Å²) >= 11 is 0. The third-order valence-corrected chi connectivity index (χ3v) is 3.95. The van der Waals surface area contributed by atoms with E-state index in [-0.39, 0.29) is 29.2 Å². The maximum Gasteiger partial charge on any atom is 0.326 e. The third-order valence-electron chi connectivity index (χ3n) is 3.95. The van der Waals surface area contributed by atoms with Gasteiger partial charge in [-0.05, 0) is 30.6 Å². The van der Waals surface area contributed by atoms with Crippen LogP contribution in [0.4, 0.5) is 11.6 Å². The number of anilines is 2. The molecule has 0 spiro atoms. The number of H-pyrrole nitrogens is 1. The topological polar surface area (TPSA) is 213 Å². The highest BCUT2D eigenvalue weighted by Crippen LogP contribution is 2.12. The Bertz CT molecular complexity index is 1400. The lowest BCUT2D eigenvalue weighted by molar-refractivity contribution is -0.140. The van der Waals surface area contributed by atoms with Crippen molar-refractivity contribution < 1.29 is 30.1 Å². The van der Waals surface area contributed by atoms with E-state index < -0.39 is 42.2 Å². The molecule has 0 radical (unpaired) electrons. The maximum atomic E-state index is 12.5. The molecular weight excluding hydrogens is 422 g/mol. The summed E-state index contributed by atoms with van der Waals surface area (Å²) in [5.41, 5.74) is 5.77. The number of carbonyl (C=O) groups is 3. The number of fused-ring (bicyclic) bond motifs is 1. The lowest BCUT2D eigenvalue weighted by atomic mass is 10.1. The van der Waals surface area contributed by atoms with Crippen LogP contribution in [0.15, 0.2) is 35.3 Å². The van der Waals surface area contributed by atoms with Gasteiger partial charge in [-0.15, -0.1) is 0 Å². The van der Waals surface area contributed by atoms with Gasteiger partial charge < -0.3 is 26.6 Å². The third kappa shape index (κ3) is 5.53. The van der Waals surface area contributed by atoms with E-state index in [0.717, 1.165) is 0 Å². The van der Waals surface area contributed by atoms with Crippen molar-refractivity contribution in [2.75, 3.05) is 11.1 Å². The molecule has 0 aliphatic heterocycles. The van der Waals surface area contributed by atoms with Crippen LogP contribution in [0.25, 0.3) is 11.2 Å². The summed E-state index contributed by atoms with van der Waals surface area (Å²) in [5, 5.41) is 23.1. The van der Waals surface area contributed by atoms with E-state index in [1.165, 1.54) is 30.5 Å². The molecular formula is C19H19N7O6. The van der Waals surface area contributed by atoms with Crippen molar-refractivity contribution in [2.45, 2.75) is 25.3 Å². The molecule has 1 unspecified atom stereocenters. The highest BCUT2D eigenvalue weighted by molar-refractivity contribution is 5.96. The van der Waals surface area contributed by atoms with Gasteiger partial charge in [-0.25, -0.2) is 14.8 Å². The van der Waals surface area contributed by atoms with E-state index in [9.17, 15) is 24.3 Å². The summed E-state index contributed by atoms with van der Waals surface area (Å²) in [4.78, 5) is 61.4. The van der Waals surface area contributed by atoms with E-state index in [0.29, 0.717) is 11.4 Å². The van der Waals surface area contributed by atoms with Gasteiger partial charge in [-0.3, -0.25) is 19.4 Å². The second kappa shape index (κ2) is 9.51. The number of hydrogen-bond acceptors (Lipinski definition) is 9. The Balaban J connectivity index is 1.71. The molecule has 13 heteroatoms. The standard InChI is InChI=1S/C19H19N7O6/c20-19-25-15-14(17(30)26-19)23-11(8-22-15)7-21-10-3-1-9(2-4-10)16(29)24-12(18(31)32)5-6-13(27)28/h1-4,8,12,21H,5-7H2,(H,24,29)(H,27,28)(H,31,32)(H3,20,22,25,26,30)/i1+0,2+0,3+0,4+0,5D2,6D2,9+0,10+0. The van der Waals surface area contributed by atoms with Crippen molar-refractivity contribution in [1.82, 2.24) is 25.3 Å². The smallest absolute Gasteiger partial charge is 0.326 e. The predicted octanol–water partition coefficient (Wildman–Crippen LogP) is -0.0448. The highest BCUT2D eigenvalue weighted by atomic mass is 16.4. The van der Waals surface area contributed by atoms with Crippen molar-refractivity contribution in [3.63, 3.8) is 0 Å². The maximum absolute atomic E-state index is 12.5. The number of carboxylic acid groups (broad SMARTS) is 2. The van der Waals surface area contributed by atoms with Crippen molar-refractivity contribution in [1.29, 1.82) is 0 Å². The van der Waals surface area contributed by atoms with Crippen LogP contribution in [0.3, 0.4) is 0 Å². The monoisotopic (exact) mass is 445 g/mol. The molecule has 0 aliphatic carbocycles. The fraction of sp³-hybridized carbons (Fsp3) is 0.211. The zero-order valence-electron chi connectivity index (χ0n) is 20.1. The minimum atomic E-state index is -3.60. The lowest BCUT2D eigenvalue weighted by Crippen LogP contribution is -2.41. The Morgan fingerprint density at radius 2 is 1.91 bits per heavy atom. The van der Waals surface area contributed by atoms with Gasteiger partial charge in [0.2, 0.25) is 5.95 Å². The van der Waals surface area contributed by atoms with Crippen molar-refractivity contribution in [3.05, 3.63) is 52.1 Å². The summed E-state index contributed by atoms with van der Waals surface area (Å²) < 4.78 is 30.2. The van der Waals surface area contributed by atoms with Gasteiger partial charge in [0.1, 0.15) is 6.04 Å². The summed E-state index contributed by atoms with van der Waals surface area (Å²) in [5.74, 6) is -5.33. The van der Waals surface area contributed by atoms with E-state index >= 15 is 0 Å². The highest BCUT2D eigenvalue weighted by Gasteiger charge is 2.21. The molecule has 0 saturated carbocycles. The molecule has 13 nitrogen and oxygen atoms in total. The van der Waals surface area contributed by atoms with Crippen LogP contribution in [0.5, 0.6) is 0 Å². The van der Waals surface area contributed by atoms with Crippen LogP contribution in [0, 0.1) is 0 Å². The Labute approximate surface area is 185 Å². The molecule has 2 heterocycles. The number of carboxylic acids is 2. The number of nitrogens with one attached hydrogen (secondary N) is 3. The largest absolute Gasteiger partial charge is 0.481 e. The van der Waals surface area contributed by atoms with Crippen LogP contribution < -0.4 is 21.9 Å². The first-order valence-corrected chi connectivity index (χ1v) is 8.86. The molecule has 1 aromatic carbocycles. The number of nitrogen functional groups attached to an aromatic ring is 1. The van der Waals surface area contributed by atoms with E-state index in [1.54, 1.807) is 0 Å². The van der Waals surface area contributed by atoms with Crippen molar-refractivity contribution >= 4 is 40.6 Å². The quantitative estimate of drug-likeness (QED) is 0.257. The minimum absolute atomic E-state index is 0.00404. The fourth-order valence-corrected chi connectivity index (χ4v) is 2.50. The molecule has 1 atom stereocenters. The van der Waals surface area contributed by atoms with Crippen LogP contribution in [-0.2, 0) is 16.1 Å². The average molecular weight is 445 g/mol. The first-order valence-electron chi connectivity index (χ1n) is 10.9. The van der Waals surface area contributed by atoms with Crippen LogP contribution in [0.1, 0.15) is 34.3 Å². The summed E-state index contributed by atoms with van der Waals surface area (Å²) in [6.45, 7) is 0.129. The summed E-state index contributed by atoms with van der Waals surface area (Å²) in [7, 11) is 0. The SMILES string of the molecule is [2H]C([2H])(C(=O)O)C([2H])([2H])C(NC(=O)[12c]1[12cH][12cH][12c](NCc2cnc3nc(N)[nH]c(=O)c3n2)[12cH][12cH]1)C(=O)O. The number of aliphatic carboxylic acids is 2. The molecule has 0 aliphatic rings. The molecule has 2 aromatic heterocycles.